The third-order valence-electron chi connectivity index (χ3n) is 3.12. The molecule has 2 rings (SSSR count). The van der Waals surface area contributed by atoms with Crippen LogP contribution < -0.4 is 0 Å². The molecule has 1 aliphatic rings. The van der Waals surface area contributed by atoms with Gasteiger partial charge in [-0.25, -0.2) is 0 Å². The van der Waals surface area contributed by atoms with Gasteiger partial charge in [0.25, 0.3) is 0 Å². The fraction of sp³-hybridized carbons (Fsp3) is 0.571. The van der Waals surface area contributed by atoms with Crippen LogP contribution >= 0.6 is 0 Å². The molecule has 0 atom stereocenters. The van der Waals surface area contributed by atoms with E-state index >= 15 is 0 Å². The lowest BCUT2D eigenvalue weighted by molar-refractivity contribution is -0.225. The van der Waals surface area contributed by atoms with Crippen molar-refractivity contribution < 1.29 is 9.47 Å². The number of ether oxygens (including phenoxy) is 2. The van der Waals surface area contributed by atoms with Gasteiger partial charge in [-0.15, -0.1) is 0 Å². The van der Waals surface area contributed by atoms with Crippen LogP contribution in [0.5, 0.6) is 0 Å². The maximum absolute atomic E-state index is 5.92. The molecule has 0 unspecified atom stereocenters. The fourth-order valence-electron chi connectivity index (χ4n) is 2.10. The normalized spacial score (nSPS) is 20.3. The second-order valence-corrected chi connectivity index (χ2v) is 4.33. The third-order valence-corrected chi connectivity index (χ3v) is 3.12. The van der Waals surface area contributed by atoms with Gasteiger partial charge in [0.15, 0.2) is 5.79 Å². The Bertz CT molecular complexity index is 300. The van der Waals surface area contributed by atoms with Gasteiger partial charge >= 0.3 is 0 Å². The van der Waals surface area contributed by atoms with Crippen molar-refractivity contribution in [2.24, 2.45) is 0 Å². The Kier molecular flexibility index (Phi) is 3.97. The summed E-state index contributed by atoms with van der Waals surface area (Å²) in [6, 6.07) is 10.4. The predicted octanol–water partition coefficient (Wildman–Crippen LogP) is 3.16. The molecule has 1 fully saturated rings. The van der Waals surface area contributed by atoms with E-state index < -0.39 is 5.79 Å². The molecule has 0 amide bonds. The summed E-state index contributed by atoms with van der Waals surface area (Å²) >= 11 is 0. The van der Waals surface area contributed by atoms with E-state index in [1.165, 1.54) is 5.56 Å². The number of hydrogen-bond donors (Lipinski definition) is 0. The van der Waals surface area contributed by atoms with E-state index in [2.05, 4.69) is 31.2 Å². The molecule has 1 saturated heterocycles. The Morgan fingerprint density at radius 2 is 1.69 bits per heavy atom. The molecular weight excluding hydrogens is 200 g/mol. The fourth-order valence-corrected chi connectivity index (χ4v) is 2.10. The Hall–Kier alpha value is -0.860. The summed E-state index contributed by atoms with van der Waals surface area (Å²) in [5, 5.41) is 0. The van der Waals surface area contributed by atoms with Crippen LogP contribution in [0.3, 0.4) is 0 Å². The molecule has 88 valence electrons. The highest BCUT2D eigenvalue weighted by Gasteiger charge is 2.31. The zero-order chi connectivity index (χ0) is 11.3. The minimum Gasteiger partial charge on any atom is -0.350 e. The molecule has 2 heteroatoms. The standard InChI is InChI=1S/C14H20O2/c1-2-14(15-10-6-7-11-16-14)12-13-8-4-3-5-9-13/h3-5,8-9H,2,6-7,10-12H2,1H3. The summed E-state index contributed by atoms with van der Waals surface area (Å²) in [5.41, 5.74) is 1.28. The first-order valence-electron chi connectivity index (χ1n) is 6.16. The van der Waals surface area contributed by atoms with Gasteiger partial charge < -0.3 is 9.47 Å². The smallest absolute Gasteiger partial charge is 0.171 e. The van der Waals surface area contributed by atoms with Gasteiger partial charge in [-0.2, -0.15) is 0 Å². The minimum absolute atomic E-state index is 0.391. The maximum atomic E-state index is 5.92. The topological polar surface area (TPSA) is 18.5 Å². The van der Waals surface area contributed by atoms with Crippen LogP contribution in [-0.4, -0.2) is 19.0 Å². The average molecular weight is 220 g/mol. The molecule has 2 nitrogen and oxygen atoms in total. The average Bonchev–Trinajstić information content (AvgIpc) is 2.57. The van der Waals surface area contributed by atoms with Crippen LogP contribution in [0.4, 0.5) is 0 Å². The van der Waals surface area contributed by atoms with Crippen molar-refractivity contribution in [2.45, 2.75) is 38.4 Å². The Labute approximate surface area is 97.6 Å². The molecule has 0 N–H and O–H groups in total. The van der Waals surface area contributed by atoms with Gasteiger partial charge in [-0.05, 0) is 24.8 Å². The van der Waals surface area contributed by atoms with Gasteiger partial charge in [0.05, 0.1) is 13.2 Å². The first kappa shape index (κ1) is 11.6. The quantitative estimate of drug-likeness (QED) is 0.779. The maximum Gasteiger partial charge on any atom is 0.171 e. The molecular formula is C14H20O2. The lowest BCUT2D eigenvalue weighted by atomic mass is 10.0. The van der Waals surface area contributed by atoms with E-state index in [0.717, 1.165) is 38.9 Å². The summed E-state index contributed by atoms with van der Waals surface area (Å²) in [4.78, 5) is 0. The van der Waals surface area contributed by atoms with Gasteiger partial charge in [0.2, 0.25) is 0 Å². The zero-order valence-corrected chi connectivity index (χ0v) is 9.95. The molecule has 0 aromatic heterocycles. The first-order valence-corrected chi connectivity index (χ1v) is 6.16. The van der Waals surface area contributed by atoms with Crippen molar-refractivity contribution in [1.29, 1.82) is 0 Å². The van der Waals surface area contributed by atoms with Crippen molar-refractivity contribution in [1.82, 2.24) is 0 Å². The minimum atomic E-state index is -0.391. The van der Waals surface area contributed by atoms with E-state index in [0.29, 0.717) is 0 Å². The molecule has 0 spiro atoms. The Balaban J connectivity index is 2.08. The molecule has 1 aromatic carbocycles. The molecule has 16 heavy (non-hydrogen) atoms. The first-order chi connectivity index (χ1) is 7.85. The largest absolute Gasteiger partial charge is 0.350 e. The SMILES string of the molecule is CCC1(Cc2ccccc2)OCCCCO1. The van der Waals surface area contributed by atoms with Gasteiger partial charge in [0, 0.05) is 6.42 Å². The van der Waals surface area contributed by atoms with Crippen molar-refractivity contribution in [3.63, 3.8) is 0 Å². The van der Waals surface area contributed by atoms with Crippen LogP contribution in [0, 0.1) is 0 Å². The van der Waals surface area contributed by atoms with Crippen molar-refractivity contribution in [3.05, 3.63) is 35.9 Å². The summed E-state index contributed by atoms with van der Waals surface area (Å²) in [5.74, 6) is -0.391. The van der Waals surface area contributed by atoms with E-state index in [9.17, 15) is 0 Å². The van der Waals surface area contributed by atoms with Crippen molar-refractivity contribution >= 4 is 0 Å². The molecule has 0 bridgehead atoms. The molecule has 0 aliphatic carbocycles. The summed E-state index contributed by atoms with van der Waals surface area (Å²) in [6.45, 7) is 3.77. The van der Waals surface area contributed by atoms with E-state index in [1.807, 2.05) is 6.07 Å². The van der Waals surface area contributed by atoms with Crippen molar-refractivity contribution in [3.8, 4) is 0 Å². The number of rotatable bonds is 3. The van der Waals surface area contributed by atoms with E-state index in [4.69, 9.17) is 9.47 Å². The molecule has 1 heterocycles. The molecule has 1 aromatic rings. The summed E-state index contributed by atoms with van der Waals surface area (Å²) < 4.78 is 11.8. The summed E-state index contributed by atoms with van der Waals surface area (Å²) in [6.07, 6.45) is 3.97. The van der Waals surface area contributed by atoms with Crippen LogP contribution in [0.25, 0.3) is 0 Å². The van der Waals surface area contributed by atoms with Crippen LogP contribution in [-0.2, 0) is 15.9 Å². The van der Waals surface area contributed by atoms with Gasteiger partial charge in [-0.1, -0.05) is 37.3 Å². The molecule has 0 radical (unpaired) electrons. The van der Waals surface area contributed by atoms with E-state index in [1.54, 1.807) is 0 Å². The second kappa shape index (κ2) is 5.46. The summed E-state index contributed by atoms with van der Waals surface area (Å²) in [7, 11) is 0. The lowest BCUT2D eigenvalue weighted by Gasteiger charge is -2.31. The van der Waals surface area contributed by atoms with Gasteiger partial charge in [0.1, 0.15) is 0 Å². The predicted molar refractivity (Wildman–Crippen MR) is 64.3 cm³/mol. The van der Waals surface area contributed by atoms with Crippen LogP contribution in [0.15, 0.2) is 30.3 Å². The number of hydrogen-bond acceptors (Lipinski definition) is 2. The highest BCUT2D eigenvalue weighted by atomic mass is 16.7. The number of benzene rings is 1. The van der Waals surface area contributed by atoms with Gasteiger partial charge in [-0.3, -0.25) is 0 Å². The Morgan fingerprint density at radius 1 is 1.06 bits per heavy atom. The molecule has 0 saturated carbocycles. The lowest BCUT2D eigenvalue weighted by Crippen LogP contribution is -2.37. The second-order valence-electron chi connectivity index (χ2n) is 4.33. The highest BCUT2D eigenvalue weighted by molar-refractivity contribution is 5.16. The monoisotopic (exact) mass is 220 g/mol. The van der Waals surface area contributed by atoms with Crippen LogP contribution in [0.1, 0.15) is 31.7 Å². The van der Waals surface area contributed by atoms with Crippen LogP contribution in [0.2, 0.25) is 0 Å². The highest BCUT2D eigenvalue weighted by Crippen LogP contribution is 2.26. The zero-order valence-electron chi connectivity index (χ0n) is 9.95. The van der Waals surface area contributed by atoms with E-state index in [-0.39, 0.29) is 0 Å². The Morgan fingerprint density at radius 3 is 2.25 bits per heavy atom. The van der Waals surface area contributed by atoms with Crippen molar-refractivity contribution in [2.75, 3.05) is 13.2 Å². The third kappa shape index (κ3) is 2.83. The molecule has 1 aliphatic heterocycles.